The van der Waals surface area contributed by atoms with Crippen molar-refractivity contribution in [3.05, 3.63) is 41.6 Å². The fourth-order valence-electron chi connectivity index (χ4n) is 1.60. The number of sulfonamides is 1. The van der Waals surface area contributed by atoms with E-state index in [0.717, 1.165) is 10.00 Å². The van der Waals surface area contributed by atoms with Crippen LogP contribution in [0.25, 0.3) is 0 Å². The number of rotatable bonds is 4. The normalized spacial score (nSPS) is 11.6. The first-order valence-electron chi connectivity index (χ1n) is 6.08. The Balaban J connectivity index is 2.17. The Morgan fingerprint density at radius 3 is 2.33 bits per heavy atom. The number of hydrogen-bond acceptors (Lipinski definition) is 5. The second-order valence-corrected chi connectivity index (χ2v) is 7.56. The monoisotopic (exact) mass is 325 g/mol. The van der Waals surface area contributed by atoms with Gasteiger partial charge in [0, 0.05) is 19.7 Å². The Labute approximate surface area is 127 Å². The SMILES string of the molecule is Cc1cc(NC(=O)c2ccc(S(=O)(=O)N(C)C)cc2)sn1. The van der Waals surface area contributed by atoms with Crippen LogP contribution in [0, 0.1) is 6.92 Å². The Hall–Kier alpha value is -1.77. The largest absolute Gasteiger partial charge is 0.312 e. The average molecular weight is 325 g/mol. The summed E-state index contributed by atoms with van der Waals surface area (Å²) in [4.78, 5) is 12.2. The van der Waals surface area contributed by atoms with E-state index in [4.69, 9.17) is 0 Å². The van der Waals surface area contributed by atoms with Gasteiger partial charge in [0.15, 0.2) is 0 Å². The maximum atomic E-state index is 12.0. The average Bonchev–Trinajstić information content (AvgIpc) is 2.84. The number of anilines is 1. The minimum absolute atomic E-state index is 0.151. The standard InChI is InChI=1S/C13H15N3O3S2/c1-9-8-12(20-15-9)14-13(17)10-4-6-11(7-5-10)21(18,19)16(2)3/h4-8H,1-3H3,(H,14,17). The van der Waals surface area contributed by atoms with Gasteiger partial charge in [-0.1, -0.05) is 0 Å². The van der Waals surface area contributed by atoms with Crippen molar-refractivity contribution >= 4 is 32.5 Å². The molecular formula is C13H15N3O3S2. The van der Waals surface area contributed by atoms with Crippen LogP contribution in [0.2, 0.25) is 0 Å². The highest BCUT2D eigenvalue weighted by atomic mass is 32.2. The molecule has 0 aliphatic heterocycles. The van der Waals surface area contributed by atoms with Crippen LogP contribution < -0.4 is 5.32 Å². The van der Waals surface area contributed by atoms with Gasteiger partial charge in [-0.05, 0) is 48.8 Å². The summed E-state index contributed by atoms with van der Waals surface area (Å²) < 4.78 is 29.0. The minimum atomic E-state index is -3.48. The summed E-state index contributed by atoms with van der Waals surface area (Å²) in [5.74, 6) is -0.299. The van der Waals surface area contributed by atoms with Crippen molar-refractivity contribution < 1.29 is 13.2 Å². The molecule has 8 heteroatoms. The number of nitrogens with zero attached hydrogens (tertiary/aromatic N) is 2. The first kappa shape index (κ1) is 15.6. The van der Waals surface area contributed by atoms with E-state index in [1.807, 2.05) is 6.92 Å². The topological polar surface area (TPSA) is 79.4 Å². The van der Waals surface area contributed by atoms with Crippen LogP contribution >= 0.6 is 11.5 Å². The highest BCUT2D eigenvalue weighted by Crippen LogP contribution is 2.18. The van der Waals surface area contributed by atoms with Crippen LogP contribution in [0.3, 0.4) is 0 Å². The molecule has 1 aromatic carbocycles. The predicted octanol–water partition coefficient (Wildman–Crippen LogP) is 1.95. The van der Waals surface area contributed by atoms with Crippen LogP contribution in [0.4, 0.5) is 5.00 Å². The predicted molar refractivity (Wildman–Crippen MR) is 82.1 cm³/mol. The number of aromatic nitrogens is 1. The van der Waals surface area contributed by atoms with Gasteiger partial charge in [-0.3, -0.25) is 4.79 Å². The van der Waals surface area contributed by atoms with E-state index in [9.17, 15) is 13.2 Å². The molecule has 0 bridgehead atoms. The van der Waals surface area contributed by atoms with Crippen LogP contribution in [0.15, 0.2) is 35.2 Å². The smallest absolute Gasteiger partial charge is 0.256 e. The van der Waals surface area contributed by atoms with Crippen LogP contribution in [0.5, 0.6) is 0 Å². The Bertz CT molecular complexity index is 749. The summed E-state index contributed by atoms with van der Waals surface area (Å²) in [7, 11) is -0.560. The van der Waals surface area contributed by atoms with Crippen LogP contribution in [-0.2, 0) is 10.0 Å². The number of amides is 1. The van der Waals surface area contributed by atoms with E-state index in [1.54, 1.807) is 6.07 Å². The summed E-state index contributed by atoms with van der Waals surface area (Å²) in [6.45, 7) is 1.84. The maximum absolute atomic E-state index is 12.0. The Kier molecular flexibility index (Phi) is 4.40. The van der Waals surface area contributed by atoms with Gasteiger partial charge in [0.05, 0.1) is 10.6 Å². The molecular weight excluding hydrogens is 310 g/mol. The lowest BCUT2D eigenvalue weighted by molar-refractivity contribution is 0.102. The molecule has 0 saturated carbocycles. The first-order valence-corrected chi connectivity index (χ1v) is 8.29. The van der Waals surface area contributed by atoms with Crippen molar-refractivity contribution in [3.63, 3.8) is 0 Å². The number of benzene rings is 1. The van der Waals surface area contributed by atoms with Gasteiger partial charge in [0.2, 0.25) is 10.0 Å². The zero-order valence-electron chi connectivity index (χ0n) is 11.8. The first-order chi connectivity index (χ1) is 9.80. The fourth-order valence-corrected chi connectivity index (χ4v) is 3.15. The second kappa shape index (κ2) is 5.92. The molecule has 1 amide bonds. The summed E-state index contributed by atoms with van der Waals surface area (Å²) in [5.41, 5.74) is 1.22. The molecule has 6 nitrogen and oxygen atoms in total. The van der Waals surface area contributed by atoms with Gasteiger partial charge in [0.25, 0.3) is 5.91 Å². The van der Waals surface area contributed by atoms with Gasteiger partial charge in [0.1, 0.15) is 5.00 Å². The van der Waals surface area contributed by atoms with Gasteiger partial charge in [-0.15, -0.1) is 0 Å². The molecule has 21 heavy (non-hydrogen) atoms. The summed E-state index contributed by atoms with van der Waals surface area (Å²) in [6, 6.07) is 7.58. The molecule has 0 radical (unpaired) electrons. The lowest BCUT2D eigenvalue weighted by atomic mass is 10.2. The van der Waals surface area contributed by atoms with Crippen LogP contribution in [-0.4, -0.2) is 37.1 Å². The third-order valence-electron chi connectivity index (χ3n) is 2.76. The van der Waals surface area contributed by atoms with Crippen molar-refractivity contribution in [2.45, 2.75) is 11.8 Å². The zero-order valence-corrected chi connectivity index (χ0v) is 13.5. The fraction of sp³-hybridized carbons (Fsp3) is 0.231. The molecule has 0 saturated heterocycles. The summed E-state index contributed by atoms with van der Waals surface area (Å²) >= 11 is 1.20. The van der Waals surface area contributed by atoms with E-state index < -0.39 is 10.0 Å². The highest BCUT2D eigenvalue weighted by Gasteiger charge is 2.17. The van der Waals surface area contributed by atoms with Crippen LogP contribution in [0.1, 0.15) is 16.1 Å². The highest BCUT2D eigenvalue weighted by molar-refractivity contribution is 7.89. The number of carbonyl (C=O) groups is 1. The molecule has 1 heterocycles. The lowest BCUT2D eigenvalue weighted by Crippen LogP contribution is -2.22. The van der Waals surface area contributed by atoms with Crippen molar-refractivity contribution in [1.29, 1.82) is 0 Å². The van der Waals surface area contributed by atoms with E-state index in [1.165, 1.54) is 49.9 Å². The molecule has 112 valence electrons. The molecule has 0 atom stereocenters. The Morgan fingerprint density at radius 1 is 1.24 bits per heavy atom. The third-order valence-corrected chi connectivity index (χ3v) is 5.38. The minimum Gasteiger partial charge on any atom is -0.312 e. The van der Waals surface area contributed by atoms with E-state index in [-0.39, 0.29) is 10.8 Å². The van der Waals surface area contributed by atoms with E-state index >= 15 is 0 Å². The molecule has 0 unspecified atom stereocenters. The Morgan fingerprint density at radius 2 is 1.86 bits per heavy atom. The van der Waals surface area contributed by atoms with Crippen molar-refractivity contribution in [2.75, 3.05) is 19.4 Å². The van der Waals surface area contributed by atoms with Gasteiger partial charge < -0.3 is 5.32 Å². The lowest BCUT2D eigenvalue weighted by Gasteiger charge is -2.11. The number of nitrogens with one attached hydrogen (secondary N) is 1. The van der Waals surface area contributed by atoms with Crippen molar-refractivity contribution in [1.82, 2.24) is 8.68 Å². The van der Waals surface area contributed by atoms with E-state index in [2.05, 4.69) is 9.69 Å². The van der Waals surface area contributed by atoms with Gasteiger partial charge in [-0.25, -0.2) is 12.7 Å². The summed E-state index contributed by atoms with van der Waals surface area (Å²) in [5, 5.41) is 3.37. The molecule has 0 spiro atoms. The molecule has 2 aromatic rings. The van der Waals surface area contributed by atoms with Gasteiger partial charge >= 0.3 is 0 Å². The molecule has 0 aliphatic carbocycles. The molecule has 2 rings (SSSR count). The maximum Gasteiger partial charge on any atom is 0.256 e. The quantitative estimate of drug-likeness (QED) is 0.932. The number of carbonyl (C=O) groups excluding carboxylic acids is 1. The number of hydrogen-bond donors (Lipinski definition) is 1. The molecule has 0 fully saturated rings. The molecule has 1 N–H and O–H groups in total. The number of aryl methyl sites for hydroxylation is 1. The van der Waals surface area contributed by atoms with Crippen molar-refractivity contribution in [3.8, 4) is 0 Å². The molecule has 0 aliphatic rings. The van der Waals surface area contributed by atoms with Gasteiger partial charge in [-0.2, -0.15) is 4.37 Å². The molecule has 1 aromatic heterocycles. The van der Waals surface area contributed by atoms with Crippen molar-refractivity contribution in [2.24, 2.45) is 0 Å². The van der Waals surface area contributed by atoms with E-state index in [0.29, 0.717) is 10.6 Å². The second-order valence-electron chi connectivity index (χ2n) is 4.60. The third kappa shape index (κ3) is 3.46. The summed E-state index contributed by atoms with van der Waals surface area (Å²) in [6.07, 6.45) is 0. The zero-order chi connectivity index (χ0) is 15.6.